The molecule has 0 aliphatic rings. The van der Waals surface area contributed by atoms with Crippen LogP contribution in [0, 0.1) is 22.6 Å². The molecule has 4 aromatic rings. The standard InChI is InChI=1S/C28H28FN7O2/c1-17(34-27(37)18(14-30)13-28(2,3)4)15-36-26-23(25(31)32-16-33-26)24(35-36)21-11-10-20(12-22(21)29)38-19-8-6-5-7-9-19/h5-13,16-17H,15H2,1-4H3,(H,34,37)(H2,31,32,33)/t17-/m0/s1. The van der Waals surface area contributed by atoms with E-state index in [-0.39, 0.29) is 34.6 Å². The number of nitriles is 1. The summed E-state index contributed by atoms with van der Waals surface area (Å²) in [5, 5.41) is 17.2. The van der Waals surface area contributed by atoms with Crippen molar-refractivity contribution >= 4 is 22.8 Å². The Labute approximate surface area is 219 Å². The molecular formula is C28H28FN7O2. The highest BCUT2D eigenvalue weighted by atomic mass is 19.1. The zero-order chi connectivity index (χ0) is 27.4. The molecule has 10 heteroatoms. The lowest BCUT2D eigenvalue weighted by Gasteiger charge is -2.16. The molecule has 2 heterocycles. The Morgan fingerprint density at radius 1 is 1.21 bits per heavy atom. The molecule has 194 valence electrons. The number of halogens is 1. The Morgan fingerprint density at radius 2 is 1.95 bits per heavy atom. The smallest absolute Gasteiger partial charge is 0.261 e. The number of hydrogen-bond acceptors (Lipinski definition) is 7. The van der Waals surface area contributed by atoms with E-state index in [9.17, 15) is 10.1 Å². The lowest BCUT2D eigenvalue weighted by atomic mass is 9.93. The van der Waals surface area contributed by atoms with Gasteiger partial charge in [0.1, 0.15) is 46.8 Å². The van der Waals surface area contributed by atoms with Gasteiger partial charge in [-0.2, -0.15) is 10.4 Å². The summed E-state index contributed by atoms with van der Waals surface area (Å²) in [6.07, 6.45) is 2.92. The van der Waals surface area contributed by atoms with Crippen LogP contribution in [0.3, 0.4) is 0 Å². The summed E-state index contributed by atoms with van der Waals surface area (Å²) >= 11 is 0. The van der Waals surface area contributed by atoms with Crippen molar-refractivity contribution in [3.05, 3.63) is 72.3 Å². The van der Waals surface area contributed by atoms with Gasteiger partial charge in [0, 0.05) is 17.7 Å². The minimum atomic E-state index is -0.555. The molecule has 0 spiro atoms. The van der Waals surface area contributed by atoms with Gasteiger partial charge < -0.3 is 15.8 Å². The number of hydrogen-bond donors (Lipinski definition) is 2. The van der Waals surface area contributed by atoms with E-state index in [0.29, 0.717) is 22.5 Å². The number of anilines is 1. The summed E-state index contributed by atoms with van der Waals surface area (Å²) in [7, 11) is 0. The predicted molar refractivity (Wildman–Crippen MR) is 142 cm³/mol. The van der Waals surface area contributed by atoms with Crippen LogP contribution < -0.4 is 15.8 Å². The second-order valence-corrected chi connectivity index (χ2v) is 9.96. The first-order chi connectivity index (χ1) is 18.1. The number of ether oxygens (including phenoxy) is 1. The highest BCUT2D eigenvalue weighted by molar-refractivity contribution is 5.99. The first-order valence-corrected chi connectivity index (χ1v) is 12.0. The van der Waals surface area contributed by atoms with E-state index in [0.717, 1.165) is 0 Å². The van der Waals surface area contributed by atoms with Crippen LogP contribution in [0.4, 0.5) is 10.2 Å². The Kier molecular flexibility index (Phi) is 7.39. The molecule has 0 radical (unpaired) electrons. The van der Waals surface area contributed by atoms with Crippen molar-refractivity contribution < 1.29 is 13.9 Å². The second kappa shape index (κ2) is 10.7. The summed E-state index contributed by atoms with van der Waals surface area (Å²) in [5.74, 6) is 0.0245. The SMILES string of the molecule is C[C@@H](Cn1nc(-c2ccc(Oc3ccccc3)cc2F)c2c(N)ncnc21)NC(=O)C(C#N)=CC(C)(C)C. The van der Waals surface area contributed by atoms with Gasteiger partial charge in [-0.1, -0.05) is 45.0 Å². The average Bonchev–Trinajstić information content (AvgIpc) is 3.21. The number of benzene rings is 2. The number of carbonyl (C=O) groups is 1. The number of nitrogens with zero attached hydrogens (tertiary/aromatic N) is 5. The molecule has 2 aromatic carbocycles. The molecule has 1 amide bonds. The molecule has 0 saturated carbocycles. The van der Waals surface area contributed by atoms with E-state index in [1.54, 1.807) is 41.9 Å². The number of carbonyl (C=O) groups excluding carboxylic acids is 1. The van der Waals surface area contributed by atoms with Gasteiger partial charge in [0.25, 0.3) is 5.91 Å². The second-order valence-electron chi connectivity index (χ2n) is 9.96. The third-order valence-electron chi connectivity index (χ3n) is 5.50. The van der Waals surface area contributed by atoms with Crippen LogP contribution >= 0.6 is 0 Å². The monoisotopic (exact) mass is 513 g/mol. The van der Waals surface area contributed by atoms with Gasteiger partial charge in [-0.3, -0.25) is 4.79 Å². The van der Waals surface area contributed by atoms with Crippen molar-refractivity contribution in [3.63, 3.8) is 0 Å². The van der Waals surface area contributed by atoms with Crippen molar-refractivity contribution in [2.45, 2.75) is 40.3 Å². The van der Waals surface area contributed by atoms with Crippen molar-refractivity contribution in [3.8, 4) is 28.8 Å². The molecule has 4 rings (SSSR count). The first kappa shape index (κ1) is 26.3. The molecule has 0 saturated heterocycles. The number of nitrogens with one attached hydrogen (secondary N) is 1. The van der Waals surface area contributed by atoms with Crippen LogP contribution in [0.15, 0.2) is 66.5 Å². The van der Waals surface area contributed by atoms with Gasteiger partial charge >= 0.3 is 0 Å². The first-order valence-electron chi connectivity index (χ1n) is 12.0. The Hall–Kier alpha value is -4.78. The average molecular weight is 514 g/mol. The largest absolute Gasteiger partial charge is 0.457 e. The molecule has 0 aliphatic carbocycles. The quantitative estimate of drug-likeness (QED) is 0.262. The minimum Gasteiger partial charge on any atom is -0.457 e. The molecule has 0 fully saturated rings. The van der Waals surface area contributed by atoms with Gasteiger partial charge in [0.2, 0.25) is 0 Å². The fourth-order valence-corrected chi connectivity index (χ4v) is 3.91. The fraction of sp³-hybridized carbons (Fsp3) is 0.250. The topological polar surface area (TPSA) is 132 Å². The summed E-state index contributed by atoms with van der Waals surface area (Å²) in [4.78, 5) is 21.0. The van der Waals surface area contributed by atoms with Gasteiger partial charge in [0.15, 0.2) is 5.65 Å². The summed E-state index contributed by atoms with van der Waals surface area (Å²) in [5.41, 5.74) is 6.71. The lowest BCUT2D eigenvalue weighted by Crippen LogP contribution is -2.37. The van der Waals surface area contributed by atoms with E-state index >= 15 is 4.39 Å². The van der Waals surface area contributed by atoms with Crippen LogP contribution in [0.25, 0.3) is 22.3 Å². The van der Waals surface area contributed by atoms with Crippen molar-refractivity contribution in [2.75, 3.05) is 5.73 Å². The zero-order valence-corrected chi connectivity index (χ0v) is 21.6. The number of rotatable bonds is 7. The number of allylic oxidation sites excluding steroid dienone is 1. The van der Waals surface area contributed by atoms with Crippen LogP contribution in [-0.4, -0.2) is 31.7 Å². The predicted octanol–water partition coefficient (Wildman–Crippen LogP) is 5.01. The molecule has 0 aliphatic heterocycles. The Morgan fingerprint density at radius 3 is 2.61 bits per heavy atom. The Bertz CT molecular complexity index is 1550. The molecule has 9 nitrogen and oxygen atoms in total. The lowest BCUT2D eigenvalue weighted by molar-refractivity contribution is -0.117. The van der Waals surface area contributed by atoms with Crippen LogP contribution in [0.2, 0.25) is 0 Å². The van der Waals surface area contributed by atoms with Crippen LogP contribution in [-0.2, 0) is 11.3 Å². The number of amides is 1. The minimum absolute atomic E-state index is 0.0295. The summed E-state index contributed by atoms with van der Waals surface area (Å²) in [6, 6.07) is 15.1. The van der Waals surface area contributed by atoms with Crippen LogP contribution in [0.1, 0.15) is 27.7 Å². The molecule has 0 unspecified atom stereocenters. The highest BCUT2D eigenvalue weighted by Crippen LogP contribution is 2.34. The molecule has 3 N–H and O–H groups in total. The van der Waals surface area contributed by atoms with E-state index in [1.807, 2.05) is 45.0 Å². The van der Waals surface area contributed by atoms with Crippen molar-refractivity contribution in [1.29, 1.82) is 5.26 Å². The summed E-state index contributed by atoms with van der Waals surface area (Å²) < 4.78 is 22.6. The van der Waals surface area contributed by atoms with E-state index in [4.69, 9.17) is 10.5 Å². The van der Waals surface area contributed by atoms with Gasteiger partial charge in [-0.25, -0.2) is 19.0 Å². The van der Waals surface area contributed by atoms with E-state index in [1.165, 1.54) is 12.4 Å². The highest BCUT2D eigenvalue weighted by Gasteiger charge is 2.22. The number of fused-ring (bicyclic) bond motifs is 1. The number of nitrogens with two attached hydrogens (primary N) is 1. The van der Waals surface area contributed by atoms with Gasteiger partial charge in [-0.05, 0) is 36.6 Å². The van der Waals surface area contributed by atoms with Gasteiger partial charge in [-0.15, -0.1) is 0 Å². The third-order valence-corrected chi connectivity index (χ3v) is 5.50. The molecular weight excluding hydrogens is 485 g/mol. The number of para-hydroxylation sites is 1. The molecule has 0 bridgehead atoms. The number of nitrogen functional groups attached to an aromatic ring is 1. The number of aromatic nitrogens is 4. The molecule has 1 atom stereocenters. The normalized spacial score (nSPS) is 12.7. The maximum Gasteiger partial charge on any atom is 0.261 e. The van der Waals surface area contributed by atoms with Gasteiger partial charge in [0.05, 0.1) is 11.9 Å². The van der Waals surface area contributed by atoms with Crippen molar-refractivity contribution in [1.82, 2.24) is 25.1 Å². The van der Waals surface area contributed by atoms with Crippen LogP contribution in [0.5, 0.6) is 11.5 Å². The maximum absolute atomic E-state index is 15.3. The van der Waals surface area contributed by atoms with E-state index < -0.39 is 17.8 Å². The van der Waals surface area contributed by atoms with E-state index in [2.05, 4.69) is 20.4 Å². The maximum atomic E-state index is 15.3. The zero-order valence-electron chi connectivity index (χ0n) is 21.6. The Balaban J connectivity index is 1.63. The summed E-state index contributed by atoms with van der Waals surface area (Å²) in [6.45, 7) is 7.69. The molecule has 38 heavy (non-hydrogen) atoms. The molecule has 2 aromatic heterocycles. The fourth-order valence-electron chi connectivity index (χ4n) is 3.91. The van der Waals surface area contributed by atoms with Crippen molar-refractivity contribution in [2.24, 2.45) is 5.41 Å². The third kappa shape index (κ3) is 5.95.